The monoisotopic (exact) mass is 199 g/mol. The van der Waals surface area contributed by atoms with E-state index in [-0.39, 0.29) is 11.6 Å². The highest BCUT2D eigenvalue weighted by atomic mass is 16.6. The van der Waals surface area contributed by atoms with Gasteiger partial charge in [0.2, 0.25) is 0 Å². The first-order valence-corrected chi connectivity index (χ1v) is 5.30. The molecule has 1 saturated heterocycles. The number of carbonyl (C=O) groups excluding carboxylic acids is 1. The van der Waals surface area contributed by atoms with Crippen LogP contribution in [0.25, 0.3) is 0 Å². The summed E-state index contributed by atoms with van der Waals surface area (Å²) in [6.45, 7) is 6.82. The Morgan fingerprint density at radius 2 is 2.14 bits per heavy atom. The minimum absolute atomic E-state index is 0.0729. The number of carbonyl (C=O) groups is 1. The fourth-order valence-corrected chi connectivity index (χ4v) is 1.81. The molecule has 1 heterocycles. The molecular weight excluding hydrogens is 178 g/mol. The van der Waals surface area contributed by atoms with E-state index in [2.05, 4.69) is 11.9 Å². The van der Waals surface area contributed by atoms with Gasteiger partial charge in [-0.1, -0.05) is 0 Å². The molecule has 0 N–H and O–H groups in total. The van der Waals surface area contributed by atoms with Crippen LogP contribution in [0.2, 0.25) is 0 Å². The number of ether oxygens (including phenoxy) is 1. The van der Waals surface area contributed by atoms with E-state index in [0.29, 0.717) is 12.5 Å². The molecule has 0 unspecified atom stereocenters. The van der Waals surface area contributed by atoms with Crippen molar-refractivity contribution >= 4 is 5.97 Å². The molecule has 3 nitrogen and oxygen atoms in total. The topological polar surface area (TPSA) is 29.5 Å². The molecule has 0 spiro atoms. The van der Waals surface area contributed by atoms with Crippen molar-refractivity contribution in [1.29, 1.82) is 0 Å². The fraction of sp³-hybridized carbons (Fsp3) is 0.909. The Bertz CT molecular complexity index is 208. The van der Waals surface area contributed by atoms with Gasteiger partial charge in [-0.15, -0.1) is 0 Å². The first-order chi connectivity index (χ1) is 6.38. The summed E-state index contributed by atoms with van der Waals surface area (Å²) >= 11 is 0. The molecule has 0 radical (unpaired) electrons. The van der Waals surface area contributed by atoms with Crippen molar-refractivity contribution in [3.63, 3.8) is 0 Å². The lowest BCUT2D eigenvalue weighted by Crippen LogP contribution is -2.31. The molecule has 1 aliphatic heterocycles. The van der Waals surface area contributed by atoms with Crippen LogP contribution < -0.4 is 0 Å². The van der Waals surface area contributed by atoms with Gasteiger partial charge >= 0.3 is 5.97 Å². The van der Waals surface area contributed by atoms with E-state index in [1.807, 2.05) is 20.8 Å². The molecule has 0 aliphatic carbocycles. The molecule has 1 atom stereocenters. The van der Waals surface area contributed by atoms with Gasteiger partial charge in [-0.3, -0.25) is 4.79 Å². The Hall–Kier alpha value is -0.570. The lowest BCUT2D eigenvalue weighted by Gasteiger charge is -2.23. The molecule has 3 heteroatoms. The molecular formula is C11H21NO2. The highest BCUT2D eigenvalue weighted by Gasteiger charge is 2.26. The zero-order valence-corrected chi connectivity index (χ0v) is 9.67. The quantitative estimate of drug-likeness (QED) is 0.635. The largest absolute Gasteiger partial charge is 0.460 e. The minimum atomic E-state index is -0.353. The van der Waals surface area contributed by atoms with Gasteiger partial charge in [-0.25, -0.2) is 0 Å². The van der Waals surface area contributed by atoms with Crippen molar-refractivity contribution in [3.8, 4) is 0 Å². The van der Waals surface area contributed by atoms with Crippen LogP contribution in [-0.4, -0.2) is 36.1 Å². The van der Waals surface area contributed by atoms with E-state index in [1.165, 1.54) is 6.42 Å². The van der Waals surface area contributed by atoms with E-state index in [0.717, 1.165) is 13.0 Å². The molecule has 82 valence electrons. The molecule has 0 amide bonds. The van der Waals surface area contributed by atoms with Crippen LogP contribution >= 0.6 is 0 Å². The molecule has 0 bridgehead atoms. The molecule has 0 aromatic heterocycles. The Balaban J connectivity index is 2.33. The number of nitrogens with zero attached hydrogens (tertiary/aromatic N) is 1. The minimum Gasteiger partial charge on any atom is -0.460 e. The Morgan fingerprint density at radius 1 is 1.50 bits per heavy atom. The van der Waals surface area contributed by atoms with E-state index in [1.54, 1.807) is 0 Å². The molecule has 1 rings (SSSR count). The molecule has 1 fully saturated rings. The van der Waals surface area contributed by atoms with E-state index in [4.69, 9.17) is 4.74 Å². The standard InChI is InChI=1S/C11H21NO2/c1-11(2,3)14-10(13)8-9-6-5-7-12(9)4/h9H,5-8H2,1-4H3/t9-/m0/s1. The maximum absolute atomic E-state index is 11.5. The second-order valence-electron chi connectivity index (χ2n) is 5.07. The number of esters is 1. The molecule has 1 aliphatic rings. The third kappa shape index (κ3) is 3.66. The third-order valence-electron chi connectivity index (χ3n) is 2.49. The van der Waals surface area contributed by atoms with Gasteiger partial charge in [0.1, 0.15) is 5.60 Å². The predicted molar refractivity (Wildman–Crippen MR) is 56.1 cm³/mol. The van der Waals surface area contributed by atoms with Crippen LogP contribution in [0.4, 0.5) is 0 Å². The average Bonchev–Trinajstić information content (AvgIpc) is 2.32. The summed E-state index contributed by atoms with van der Waals surface area (Å²) in [5, 5.41) is 0. The summed E-state index contributed by atoms with van der Waals surface area (Å²) in [7, 11) is 2.07. The van der Waals surface area contributed by atoms with Crippen LogP contribution in [0, 0.1) is 0 Å². The van der Waals surface area contributed by atoms with Crippen molar-refractivity contribution < 1.29 is 9.53 Å². The predicted octanol–water partition coefficient (Wildman–Crippen LogP) is 1.81. The van der Waals surface area contributed by atoms with Crippen LogP contribution in [-0.2, 0) is 9.53 Å². The van der Waals surface area contributed by atoms with Crippen molar-refractivity contribution in [1.82, 2.24) is 4.90 Å². The smallest absolute Gasteiger partial charge is 0.307 e. The first kappa shape index (κ1) is 11.5. The van der Waals surface area contributed by atoms with Gasteiger partial charge in [0.25, 0.3) is 0 Å². The maximum atomic E-state index is 11.5. The first-order valence-electron chi connectivity index (χ1n) is 5.30. The normalized spacial score (nSPS) is 23.9. The number of likely N-dealkylation sites (tertiary alicyclic amines) is 1. The second kappa shape index (κ2) is 4.30. The number of rotatable bonds is 2. The Morgan fingerprint density at radius 3 is 2.57 bits per heavy atom. The zero-order chi connectivity index (χ0) is 10.8. The van der Waals surface area contributed by atoms with Crippen LogP contribution in [0.15, 0.2) is 0 Å². The van der Waals surface area contributed by atoms with E-state index in [9.17, 15) is 4.79 Å². The van der Waals surface area contributed by atoms with Crippen molar-refractivity contribution in [2.45, 2.75) is 51.7 Å². The lowest BCUT2D eigenvalue weighted by molar-refractivity contribution is -0.155. The summed E-state index contributed by atoms with van der Waals surface area (Å²) in [4.78, 5) is 13.8. The zero-order valence-electron chi connectivity index (χ0n) is 9.67. The van der Waals surface area contributed by atoms with Gasteiger partial charge in [-0.05, 0) is 47.2 Å². The van der Waals surface area contributed by atoms with Crippen molar-refractivity contribution in [2.75, 3.05) is 13.6 Å². The van der Waals surface area contributed by atoms with Crippen molar-refractivity contribution in [2.24, 2.45) is 0 Å². The summed E-state index contributed by atoms with van der Waals surface area (Å²) in [6.07, 6.45) is 2.85. The summed E-state index contributed by atoms with van der Waals surface area (Å²) in [5.41, 5.74) is -0.353. The van der Waals surface area contributed by atoms with Gasteiger partial charge < -0.3 is 9.64 Å². The maximum Gasteiger partial charge on any atom is 0.307 e. The molecule has 0 aromatic rings. The molecule has 0 aromatic carbocycles. The summed E-state index contributed by atoms with van der Waals surface area (Å²) in [5.74, 6) is -0.0729. The Labute approximate surface area is 86.4 Å². The summed E-state index contributed by atoms with van der Waals surface area (Å²) < 4.78 is 5.28. The van der Waals surface area contributed by atoms with Crippen LogP contribution in [0.3, 0.4) is 0 Å². The highest BCUT2D eigenvalue weighted by molar-refractivity contribution is 5.70. The third-order valence-corrected chi connectivity index (χ3v) is 2.49. The average molecular weight is 199 g/mol. The van der Waals surface area contributed by atoms with Gasteiger partial charge in [0, 0.05) is 6.04 Å². The lowest BCUT2D eigenvalue weighted by atomic mass is 10.1. The van der Waals surface area contributed by atoms with E-state index >= 15 is 0 Å². The Kier molecular flexibility index (Phi) is 3.53. The fourth-order valence-electron chi connectivity index (χ4n) is 1.81. The molecule has 0 saturated carbocycles. The molecule has 14 heavy (non-hydrogen) atoms. The SMILES string of the molecule is CN1CCC[C@H]1CC(=O)OC(C)(C)C. The number of hydrogen-bond donors (Lipinski definition) is 0. The van der Waals surface area contributed by atoms with Gasteiger partial charge in [0.15, 0.2) is 0 Å². The second-order valence-corrected chi connectivity index (χ2v) is 5.07. The number of hydrogen-bond acceptors (Lipinski definition) is 3. The van der Waals surface area contributed by atoms with Gasteiger partial charge in [-0.2, -0.15) is 0 Å². The van der Waals surface area contributed by atoms with E-state index < -0.39 is 0 Å². The van der Waals surface area contributed by atoms with Crippen LogP contribution in [0.5, 0.6) is 0 Å². The van der Waals surface area contributed by atoms with Crippen molar-refractivity contribution in [3.05, 3.63) is 0 Å². The van der Waals surface area contributed by atoms with Gasteiger partial charge in [0.05, 0.1) is 6.42 Å². The van der Waals surface area contributed by atoms with Crippen LogP contribution in [0.1, 0.15) is 40.0 Å². The highest BCUT2D eigenvalue weighted by Crippen LogP contribution is 2.19. The summed E-state index contributed by atoms with van der Waals surface area (Å²) in [6, 6.07) is 0.393.